The highest BCUT2D eigenvalue weighted by Gasteiger charge is 2.52. The summed E-state index contributed by atoms with van der Waals surface area (Å²) in [5, 5.41) is 12.1. The molecule has 1 saturated carbocycles. The highest BCUT2D eigenvalue weighted by atomic mass is 16.4. The van der Waals surface area contributed by atoms with E-state index in [2.05, 4.69) is 5.32 Å². The summed E-state index contributed by atoms with van der Waals surface area (Å²) < 4.78 is 0. The maximum absolute atomic E-state index is 12.4. The number of carboxylic acid groups (broad SMARTS) is 1. The van der Waals surface area contributed by atoms with E-state index in [9.17, 15) is 19.5 Å². The van der Waals surface area contributed by atoms with Gasteiger partial charge >= 0.3 is 5.97 Å². The van der Waals surface area contributed by atoms with Crippen LogP contribution in [0.2, 0.25) is 0 Å². The Bertz CT molecular complexity index is 501. The van der Waals surface area contributed by atoms with Crippen LogP contribution >= 0.6 is 0 Å². The molecule has 5 atom stereocenters. The van der Waals surface area contributed by atoms with Gasteiger partial charge in [-0.3, -0.25) is 14.4 Å². The number of carbonyl (C=O) groups excluding carboxylic acids is 2. The van der Waals surface area contributed by atoms with Gasteiger partial charge in [-0.1, -0.05) is 12.2 Å². The van der Waals surface area contributed by atoms with Crippen LogP contribution in [0, 0.1) is 23.7 Å². The van der Waals surface area contributed by atoms with Gasteiger partial charge in [-0.15, -0.1) is 0 Å². The third-order valence-corrected chi connectivity index (χ3v) is 4.79. The molecule has 0 radical (unpaired) electrons. The van der Waals surface area contributed by atoms with Crippen molar-refractivity contribution in [3.63, 3.8) is 0 Å². The van der Waals surface area contributed by atoms with Crippen molar-refractivity contribution in [2.24, 2.45) is 23.7 Å². The molecule has 2 aliphatic carbocycles. The van der Waals surface area contributed by atoms with Crippen LogP contribution < -0.4 is 5.32 Å². The summed E-state index contributed by atoms with van der Waals surface area (Å²) in [4.78, 5) is 37.1. The fourth-order valence-electron chi connectivity index (χ4n) is 3.74. The van der Waals surface area contributed by atoms with Gasteiger partial charge in [0.05, 0.1) is 11.8 Å². The van der Waals surface area contributed by atoms with Crippen LogP contribution in [0.4, 0.5) is 0 Å². The first-order valence-corrected chi connectivity index (χ1v) is 6.95. The first-order chi connectivity index (χ1) is 9.49. The van der Waals surface area contributed by atoms with E-state index in [1.54, 1.807) is 11.9 Å². The Morgan fingerprint density at radius 2 is 1.95 bits per heavy atom. The van der Waals surface area contributed by atoms with Gasteiger partial charge in [0.2, 0.25) is 11.8 Å². The van der Waals surface area contributed by atoms with Gasteiger partial charge in [0.15, 0.2) is 0 Å². The minimum absolute atomic E-state index is 0.00432. The topological polar surface area (TPSA) is 86.7 Å². The lowest BCUT2D eigenvalue weighted by molar-refractivity contribution is -0.148. The zero-order valence-corrected chi connectivity index (χ0v) is 11.3. The summed E-state index contributed by atoms with van der Waals surface area (Å²) in [6, 6.07) is -0.495. The Kier molecular flexibility index (Phi) is 3.03. The van der Waals surface area contributed by atoms with E-state index in [1.807, 2.05) is 12.2 Å². The van der Waals surface area contributed by atoms with Crippen molar-refractivity contribution in [3.05, 3.63) is 12.2 Å². The molecule has 0 spiro atoms. The average molecular weight is 278 g/mol. The van der Waals surface area contributed by atoms with Gasteiger partial charge in [-0.2, -0.15) is 0 Å². The molecule has 0 aromatic heterocycles. The van der Waals surface area contributed by atoms with Crippen LogP contribution in [-0.2, 0) is 14.4 Å². The normalized spacial score (nSPS) is 38.5. The van der Waals surface area contributed by atoms with Gasteiger partial charge < -0.3 is 15.3 Å². The first kappa shape index (κ1) is 13.1. The number of fused-ring (bicyclic) bond motifs is 2. The number of amides is 2. The molecule has 0 aromatic carbocycles. The predicted octanol–water partition coefficient (Wildman–Crippen LogP) is -0.144. The van der Waals surface area contributed by atoms with E-state index in [-0.39, 0.29) is 23.7 Å². The zero-order chi connectivity index (χ0) is 14.4. The van der Waals surface area contributed by atoms with E-state index >= 15 is 0 Å². The molecule has 6 nitrogen and oxygen atoms in total. The number of nitrogens with zero attached hydrogens (tertiary/aromatic N) is 1. The third kappa shape index (κ3) is 1.90. The molecule has 3 aliphatic rings. The van der Waals surface area contributed by atoms with Crippen molar-refractivity contribution in [2.75, 3.05) is 13.6 Å². The van der Waals surface area contributed by atoms with Gasteiger partial charge in [-0.05, 0) is 24.7 Å². The highest BCUT2D eigenvalue weighted by molar-refractivity contribution is 5.92. The lowest BCUT2D eigenvalue weighted by atomic mass is 9.82. The average Bonchev–Trinajstić information content (AvgIpc) is 3.08. The van der Waals surface area contributed by atoms with Gasteiger partial charge in [0.25, 0.3) is 0 Å². The smallest absolute Gasteiger partial charge is 0.307 e. The van der Waals surface area contributed by atoms with E-state index < -0.39 is 23.8 Å². The lowest BCUT2D eigenvalue weighted by Crippen LogP contribution is -2.47. The molecular formula is C14H18N2O4. The van der Waals surface area contributed by atoms with Crippen LogP contribution in [0.25, 0.3) is 0 Å². The van der Waals surface area contributed by atoms with Crippen LogP contribution in [0.5, 0.6) is 0 Å². The van der Waals surface area contributed by atoms with Crippen molar-refractivity contribution in [1.29, 1.82) is 0 Å². The molecule has 6 heteroatoms. The number of nitrogens with one attached hydrogen (secondary N) is 1. The summed E-state index contributed by atoms with van der Waals surface area (Å²) in [7, 11) is 1.70. The second-order valence-electron chi connectivity index (χ2n) is 5.95. The molecule has 1 aliphatic heterocycles. The Labute approximate surface area is 116 Å². The Balaban J connectivity index is 1.72. The molecule has 2 bridgehead atoms. The summed E-state index contributed by atoms with van der Waals surface area (Å²) in [6.07, 6.45) is 5.17. The highest BCUT2D eigenvalue weighted by Crippen LogP contribution is 2.48. The van der Waals surface area contributed by atoms with Crippen molar-refractivity contribution in [1.82, 2.24) is 10.2 Å². The zero-order valence-electron chi connectivity index (χ0n) is 11.3. The van der Waals surface area contributed by atoms with Crippen molar-refractivity contribution in [3.8, 4) is 0 Å². The Morgan fingerprint density at radius 1 is 1.30 bits per heavy atom. The van der Waals surface area contributed by atoms with Gasteiger partial charge in [0, 0.05) is 13.6 Å². The van der Waals surface area contributed by atoms with E-state index in [1.165, 1.54) is 0 Å². The fraction of sp³-hybridized carbons (Fsp3) is 0.643. The van der Waals surface area contributed by atoms with Crippen molar-refractivity contribution in [2.45, 2.75) is 18.9 Å². The van der Waals surface area contributed by atoms with Crippen LogP contribution in [0.15, 0.2) is 12.2 Å². The molecular weight excluding hydrogens is 260 g/mol. The maximum Gasteiger partial charge on any atom is 0.307 e. The number of rotatable bonds is 3. The number of carbonyl (C=O) groups is 3. The second kappa shape index (κ2) is 4.61. The molecule has 20 heavy (non-hydrogen) atoms. The molecule has 0 aromatic rings. The van der Waals surface area contributed by atoms with Crippen LogP contribution in [0.3, 0.4) is 0 Å². The second-order valence-corrected chi connectivity index (χ2v) is 5.95. The monoisotopic (exact) mass is 278 g/mol. The Hall–Kier alpha value is -1.85. The molecule has 2 fully saturated rings. The predicted molar refractivity (Wildman–Crippen MR) is 69.5 cm³/mol. The van der Waals surface area contributed by atoms with Crippen LogP contribution in [0.1, 0.15) is 12.8 Å². The number of carboxylic acids is 1. The minimum Gasteiger partial charge on any atom is -0.481 e. The molecule has 2 N–H and O–H groups in total. The largest absolute Gasteiger partial charge is 0.481 e. The van der Waals surface area contributed by atoms with Crippen LogP contribution in [-0.4, -0.2) is 47.4 Å². The van der Waals surface area contributed by atoms with Gasteiger partial charge in [-0.25, -0.2) is 0 Å². The summed E-state index contributed by atoms with van der Waals surface area (Å²) in [5.74, 6) is -2.55. The molecule has 3 unspecified atom stereocenters. The van der Waals surface area contributed by atoms with E-state index in [0.717, 1.165) is 6.42 Å². The van der Waals surface area contributed by atoms with Crippen molar-refractivity contribution >= 4 is 17.8 Å². The summed E-state index contributed by atoms with van der Waals surface area (Å²) in [6.45, 7) is 0.628. The Morgan fingerprint density at radius 3 is 2.50 bits per heavy atom. The van der Waals surface area contributed by atoms with E-state index in [0.29, 0.717) is 13.0 Å². The quantitative estimate of drug-likeness (QED) is 0.703. The standard InChI is InChI=1S/C14H18N2O4/c1-16-5-4-9(13(16)18)15-12(17)10-7-2-3-8(6-7)11(10)14(19)20/h2-3,7-11H,4-6H2,1H3,(H,15,17)(H,19,20)/t7?,8?,9?,10-,11+/m0/s1. The number of likely N-dealkylation sites (N-methyl/N-ethyl adjacent to an activating group) is 1. The minimum atomic E-state index is -0.920. The molecule has 2 amide bonds. The number of allylic oxidation sites excluding steroid dienone is 2. The maximum atomic E-state index is 12.4. The molecule has 1 heterocycles. The number of likely N-dealkylation sites (tertiary alicyclic amines) is 1. The third-order valence-electron chi connectivity index (χ3n) is 4.79. The molecule has 108 valence electrons. The number of hydrogen-bond acceptors (Lipinski definition) is 3. The number of aliphatic carboxylic acids is 1. The first-order valence-electron chi connectivity index (χ1n) is 6.95. The van der Waals surface area contributed by atoms with E-state index in [4.69, 9.17) is 0 Å². The summed E-state index contributed by atoms with van der Waals surface area (Å²) in [5.41, 5.74) is 0. The van der Waals surface area contributed by atoms with Gasteiger partial charge in [0.1, 0.15) is 6.04 Å². The molecule has 3 rings (SSSR count). The molecule has 1 saturated heterocycles. The summed E-state index contributed by atoms with van der Waals surface area (Å²) >= 11 is 0. The fourth-order valence-corrected chi connectivity index (χ4v) is 3.74. The lowest BCUT2D eigenvalue weighted by Gasteiger charge is -2.25. The SMILES string of the molecule is CN1CCC(NC(=O)[C@H]2C3C=CC(C3)[C@H]2C(=O)O)C1=O. The van der Waals surface area contributed by atoms with Crippen molar-refractivity contribution < 1.29 is 19.5 Å². The number of hydrogen-bond donors (Lipinski definition) is 2.